The zero-order valence-corrected chi connectivity index (χ0v) is 14.4. The van der Waals surface area contributed by atoms with Gasteiger partial charge in [-0.3, -0.25) is 0 Å². The number of rotatable bonds is 0. The Morgan fingerprint density at radius 1 is 0.812 bits per heavy atom. The third kappa shape index (κ3) is 93.7. The van der Waals surface area contributed by atoms with E-state index in [0.717, 1.165) is 0 Å². The van der Waals surface area contributed by atoms with Crippen LogP contribution in [0, 0.1) is 20.0 Å². The molecule has 0 bridgehead atoms. The second-order valence-corrected chi connectivity index (χ2v) is 11.0. The van der Waals surface area contributed by atoms with E-state index in [1.54, 1.807) is 0 Å². The van der Waals surface area contributed by atoms with E-state index >= 15 is 0 Å². The van der Waals surface area contributed by atoms with Crippen LogP contribution in [0.15, 0.2) is 30.3 Å². The molecule has 16 heavy (non-hydrogen) atoms. The third-order valence-electron chi connectivity index (χ3n) is 0.556. The van der Waals surface area contributed by atoms with Crippen LogP contribution < -0.4 is 0 Å². The molecule has 0 amide bonds. The average Bonchev–Trinajstić information content (AvgIpc) is 2.83. The van der Waals surface area contributed by atoms with Gasteiger partial charge in [0.1, 0.15) is 0 Å². The molecule has 0 aliphatic carbocycles. The van der Waals surface area contributed by atoms with Crippen LogP contribution in [-0.4, -0.2) is 19.8 Å². The Bertz CT molecular complexity index is 181. The summed E-state index contributed by atoms with van der Waals surface area (Å²) in [6.07, 6.45) is 0. The molecule has 0 fully saturated rings. The Hall–Kier alpha value is 0.0570. The topological polar surface area (TPSA) is 59.7 Å². The fraction of sp³-hybridized carbons (Fsp3) is 0.273. The van der Waals surface area contributed by atoms with Crippen LogP contribution in [0.1, 0.15) is 0 Å². The molecule has 0 spiro atoms. The second-order valence-electron chi connectivity index (χ2n) is 2.46. The van der Waals surface area contributed by atoms with Crippen molar-refractivity contribution in [1.82, 2.24) is 0 Å². The first-order chi connectivity index (χ1) is 7.23. The van der Waals surface area contributed by atoms with Crippen molar-refractivity contribution in [2.24, 2.45) is 0 Å². The van der Waals surface area contributed by atoms with Crippen LogP contribution in [0.2, 0.25) is 14.8 Å². The molecule has 0 heterocycles. The monoisotopic (exact) mass is 412 g/mol. The van der Waals surface area contributed by atoms with E-state index in [1.165, 1.54) is 0 Å². The molecule has 0 atom stereocenters. The van der Waals surface area contributed by atoms with E-state index < -0.39 is 19.8 Å². The molecule has 5 heteroatoms. The molecule has 0 aliphatic rings. The van der Waals surface area contributed by atoms with Gasteiger partial charge in [-0.25, -0.2) is 12.1 Å². The van der Waals surface area contributed by atoms with Crippen molar-refractivity contribution in [3.63, 3.8) is 0 Å². The molecule has 0 N–H and O–H groups in total. The summed E-state index contributed by atoms with van der Waals surface area (Å²) in [6, 6.07) is 10.0. The van der Waals surface area contributed by atoms with Crippen molar-refractivity contribution in [3.8, 4) is 0 Å². The third-order valence-corrected chi connectivity index (χ3v) is 0.556. The van der Waals surface area contributed by atoms with Gasteiger partial charge in [0, 0.05) is 21.1 Å². The Labute approximate surface area is 119 Å². The summed E-state index contributed by atoms with van der Waals surface area (Å²) >= 11 is -0.543. The maximum atomic E-state index is 7.50. The maximum absolute atomic E-state index is 7.50. The molecular weight excluding hydrogens is 395 g/mol. The minimum atomic E-state index is -0.543. The summed E-state index contributed by atoms with van der Waals surface area (Å²) in [6.45, 7) is 13.5. The smallest absolute Gasteiger partial charge is 0 e. The van der Waals surface area contributed by atoms with Crippen molar-refractivity contribution in [2.45, 2.75) is 14.8 Å². The van der Waals surface area contributed by atoms with Crippen LogP contribution in [0.3, 0.4) is 0 Å². The first-order valence-electron chi connectivity index (χ1n) is 3.78. The minimum Gasteiger partial charge on any atom is -0.214 e. The van der Waals surface area contributed by atoms with Gasteiger partial charge in [0.15, 0.2) is 0 Å². The molecule has 0 saturated carbocycles. The van der Waals surface area contributed by atoms with E-state index in [4.69, 9.17) is 14.0 Å². The summed E-state index contributed by atoms with van der Waals surface area (Å²) in [5.74, 6) is 0. The Kier molecular flexibility index (Phi) is 85.3. The average molecular weight is 409 g/mol. The van der Waals surface area contributed by atoms with Crippen LogP contribution in [0.5, 0.6) is 0 Å². The normalized spacial score (nSPS) is 5.12. The molecule has 1 aromatic carbocycles. The molecule has 87 valence electrons. The molecular formula is C11H14MoO3Sn-. The van der Waals surface area contributed by atoms with Crippen molar-refractivity contribution < 1.29 is 35.0 Å². The van der Waals surface area contributed by atoms with Crippen molar-refractivity contribution in [3.05, 3.63) is 50.3 Å². The van der Waals surface area contributed by atoms with Gasteiger partial charge in [-0.2, -0.15) is 18.2 Å². The first kappa shape index (κ1) is 29.8. The van der Waals surface area contributed by atoms with E-state index in [9.17, 15) is 0 Å². The van der Waals surface area contributed by atoms with E-state index in [0.29, 0.717) is 0 Å². The fourth-order valence-corrected chi connectivity index (χ4v) is 0.321. The van der Waals surface area contributed by atoms with E-state index in [-0.39, 0.29) is 21.1 Å². The molecule has 0 aliphatic heterocycles. The molecule has 3 nitrogen and oxygen atoms in total. The molecule has 0 unspecified atom stereocenters. The zero-order chi connectivity index (χ0) is 13.1. The molecule has 1 aromatic rings. The van der Waals surface area contributed by atoms with Crippen LogP contribution >= 0.6 is 0 Å². The van der Waals surface area contributed by atoms with Gasteiger partial charge in [-0.05, 0) is 0 Å². The zero-order valence-electron chi connectivity index (χ0n) is 9.52. The Morgan fingerprint density at radius 3 is 1.06 bits per heavy atom. The van der Waals surface area contributed by atoms with Crippen LogP contribution in [0.4, 0.5) is 0 Å². The van der Waals surface area contributed by atoms with Gasteiger partial charge in [-0.15, -0.1) is 0 Å². The van der Waals surface area contributed by atoms with Crippen molar-refractivity contribution >= 4 is 19.8 Å². The summed E-state index contributed by atoms with van der Waals surface area (Å²) in [7, 11) is 0. The molecule has 1 rings (SSSR count). The van der Waals surface area contributed by atoms with Gasteiger partial charge >= 0.3 is 68.5 Å². The van der Waals surface area contributed by atoms with Gasteiger partial charge in [0.05, 0.1) is 0 Å². The summed E-state index contributed by atoms with van der Waals surface area (Å²) in [5.41, 5.74) is 0. The molecule has 0 aromatic heterocycles. The predicted octanol–water partition coefficient (Wildman–Crippen LogP) is 2.66. The predicted molar refractivity (Wildman–Crippen MR) is 57.2 cm³/mol. The second kappa shape index (κ2) is 45.8. The van der Waals surface area contributed by atoms with Crippen LogP contribution in [0.25, 0.3) is 0 Å². The standard InChI is InChI=1S/C5H5.3CO.3CH3.Mo.Sn/c1-2-4-5-3-1;3*1-2;;;;;/h1-5H;;;;3*1H3;;/q-1;;;;;;;;. The van der Waals surface area contributed by atoms with Crippen LogP contribution in [-0.2, 0) is 35.0 Å². The molecule has 1 radical (unpaired) electrons. The maximum Gasteiger partial charge on any atom is 0 e. The van der Waals surface area contributed by atoms with Gasteiger partial charge in [0.2, 0.25) is 0 Å². The van der Waals surface area contributed by atoms with E-state index in [1.807, 2.05) is 30.3 Å². The Morgan fingerprint density at radius 2 is 1.00 bits per heavy atom. The van der Waals surface area contributed by atoms with Crippen molar-refractivity contribution in [1.29, 1.82) is 0 Å². The quantitative estimate of drug-likeness (QED) is 0.360. The number of hydrogen-bond acceptors (Lipinski definition) is 0. The first-order valence-corrected chi connectivity index (χ1v) is 12.3. The minimum absolute atomic E-state index is 0. The fourth-order valence-electron chi connectivity index (χ4n) is 0.321. The van der Waals surface area contributed by atoms with Gasteiger partial charge in [0.25, 0.3) is 0 Å². The number of hydrogen-bond donors (Lipinski definition) is 0. The summed E-state index contributed by atoms with van der Waals surface area (Å²) in [4.78, 5) is 7.09. The largest absolute Gasteiger partial charge is 0.214 e. The summed E-state index contributed by atoms with van der Waals surface area (Å²) < 4.78 is 22.5. The van der Waals surface area contributed by atoms with Crippen molar-refractivity contribution in [2.75, 3.05) is 0 Å². The van der Waals surface area contributed by atoms with E-state index in [2.05, 4.69) is 34.8 Å². The SMILES string of the molecule is [C-]#[O+].[C-]#[O+].[C-]#[O+].[CH3][Sn]([CH3])[CH3].[Mo].c1cc[cH-]c1. The van der Waals surface area contributed by atoms with Gasteiger partial charge in [-0.1, -0.05) is 0 Å². The summed E-state index contributed by atoms with van der Waals surface area (Å²) in [5, 5.41) is 0. The Balaban J connectivity index is -0.0000000337. The van der Waals surface area contributed by atoms with Gasteiger partial charge < -0.3 is 0 Å². The molecule has 0 saturated heterocycles.